The highest BCUT2D eigenvalue weighted by Crippen LogP contribution is 2.19. The van der Waals surface area contributed by atoms with Gasteiger partial charge in [-0.15, -0.1) is 0 Å². The first-order valence-electron chi connectivity index (χ1n) is 5.57. The number of carbonyl (C=O) groups excluding carboxylic acids is 1. The molecule has 2 heteroatoms. The maximum absolute atomic E-state index is 11.6. The molecule has 2 nitrogen and oxygen atoms in total. The Hall–Kier alpha value is -1.31. The van der Waals surface area contributed by atoms with E-state index < -0.39 is 0 Å². The van der Waals surface area contributed by atoms with Crippen LogP contribution in [-0.2, 0) is 16.0 Å². The van der Waals surface area contributed by atoms with Crippen LogP contribution in [0.5, 0.6) is 0 Å². The lowest BCUT2D eigenvalue weighted by Gasteiger charge is -2.11. The van der Waals surface area contributed by atoms with Gasteiger partial charge in [0, 0.05) is 0 Å². The van der Waals surface area contributed by atoms with Gasteiger partial charge in [0.2, 0.25) is 0 Å². The lowest BCUT2D eigenvalue weighted by Crippen LogP contribution is -2.17. The van der Waals surface area contributed by atoms with E-state index in [9.17, 15) is 4.79 Å². The second-order valence-electron chi connectivity index (χ2n) is 4.05. The molecule has 1 unspecified atom stereocenters. The van der Waals surface area contributed by atoms with E-state index in [-0.39, 0.29) is 11.9 Å². The van der Waals surface area contributed by atoms with Crippen molar-refractivity contribution in [1.82, 2.24) is 0 Å². The van der Waals surface area contributed by atoms with Gasteiger partial charge in [-0.1, -0.05) is 30.3 Å². The van der Waals surface area contributed by atoms with Crippen molar-refractivity contribution < 1.29 is 9.53 Å². The summed E-state index contributed by atoms with van der Waals surface area (Å²) in [6.07, 6.45) is 3.90. The van der Waals surface area contributed by atoms with Crippen molar-refractivity contribution in [2.45, 2.75) is 25.7 Å². The molecule has 1 aliphatic heterocycles. The number of cyclic esters (lactones) is 1. The van der Waals surface area contributed by atoms with E-state index in [4.69, 9.17) is 4.74 Å². The Morgan fingerprint density at radius 3 is 2.80 bits per heavy atom. The fourth-order valence-electron chi connectivity index (χ4n) is 1.99. The van der Waals surface area contributed by atoms with Gasteiger partial charge in [0.05, 0.1) is 12.5 Å². The van der Waals surface area contributed by atoms with Crippen molar-refractivity contribution in [3.05, 3.63) is 35.9 Å². The number of esters is 1. The fourth-order valence-corrected chi connectivity index (χ4v) is 1.99. The van der Waals surface area contributed by atoms with Gasteiger partial charge in [0.15, 0.2) is 0 Å². The van der Waals surface area contributed by atoms with Gasteiger partial charge in [-0.05, 0) is 31.2 Å². The highest BCUT2D eigenvalue weighted by Gasteiger charge is 2.22. The van der Waals surface area contributed by atoms with Crippen molar-refractivity contribution >= 4 is 5.97 Å². The summed E-state index contributed by atoms with van der Waals surface area (Å²) < 4.78 is 5.15. The lowest BCUT2D eigenvalue weighted by molar-refractivity contribution is -0.147. The van der Waals surface area contributed by atoms with Crippen molar-refractivity contribution in [3.63, 3.8) is 0 Å². The van der Waals surface area contributed by atoms with Crippen LogP contribution in [0.4, 0.5) is 0 Å². The molecule has 15 heavy (non-hydrogen) atoms. The first kappa shape index (κ1) is 10.2. The summed E-state index contributed by atoms with van der Waals surface area (Å²) in [6, 6.07) is 10.2. The third-order valence-electron chi connectivity index (χ3n) is 2.85. The maximum Gasteiger partial charge on any atom is 0.309 e. The molecule has 0 bridgehead atoms. The third-order valence-corrected chi connectivity index (χ3v) is 2.85. The smallest absolute Gasteiger partial charge is 0.309 e. The molecular formula is C13H16O2. The average Bonchev–Trinajstić information content (AvgIpc) is 2.46. The molecule has 0 radical (unpaired) electrons. The van der Waals surface area contributed by atoms with Crippen molar-refractivity contribution in [2.24, 2.45) is 5.92 Å². The molecule has 80 valence electrons. The summed E-state index contributed by atoms with van der Waals surface area (Å²) in [4.78, 5) is 11.6. The molecular weight excluding hydrogens is 188 g/mol. The first-order chi connectivity index (χ1) is 7.36. The molecule has 1 heterocycles. The molecule has 1 aliphatic rings. The van der Waals surface area contributed by atoms with Crippen molar-refractivity contribution in [3.8, 4) is 0 Å². The molecule has 1 atom stereocenters. The molecule has 0 amide bonds. The summed E-state index contributed by atoms with van der Waals surface area (Å²) in [7, 11) is 0. The first-order valence-corrected chi connectivity index (χ1v) is 5.57. The quantitative estimate of drug-likeness (QED) is 0.692. The van der Waals surface area contributed by atoms with Crippen LogP contribution < -0.4 is 0 Å². The Balaban J connectivity index is 2.01. The minimum Gasteiger partial charge on any atom is -0.465 e. The van der Waals surface area contributed by atoms with E-state index in [1.807, 2.05) is 18.2 Å². The molecule has 0 aromatic heterocycles. The Bertz CT molecular complexity index is 319. The van der Waals surface area contributed by atoms with Crippen LogP contribution in [0.15, 0.2) is 30.3 Å². The van der Waals surface area contributed by atoms with Crippen LogP contribution in [0.2, 0.25) is 0 Å². The highest BCUT2D eigenvalue weighted by atomic mass is 16.5. The average molecular weight is 204 g/mol. The summed E-state index contributed by atoms with van der Waals surface area (Å²) in [5, 5.41) is 0. The van der Waals surface area contributed by atoms with Crippen LogP contribution >= 0.6 is 0 Å². The van der Waals surface area contributed by atoms with Crippen molar-refractivity contribution in [1.29, 1.82) is 0 Å². The van der Waals surface area contributed by atoms with Crippen LogP contribution in [-0.4, -0.2) is 12.6 Å². The SMILES string of the molecule is O=C1OCCCCC1Cc1ccccc1. The van der Waals surface area contributed by atoms with Gasteiger partial charge < -0.3 is 4.74 Å². The van der Waals surface area contributed by atoms with Crippen LogP contribution in [0.1, 0.15) is 24.8 Å². The fraction of sp³-hybridized carbons (Fsp3) is 0.462. The monoisotopic (exact) mass is 204 g/mol. The van der Waals surface area contributed by atoms with Gasteiger partial charge in [-0.25, -0.2) is 0 Å². The number of hydrogen-bond donors (Lipinski definition) is 0. The van der Waals surface area contributed by atoms with E-state index in [0.717, 1.165) is 25.7 Å². The second-order valence-corrected chi connectivity index (χ2v) is 4.05. The van der Waals surface area contributed by atoms with Gasteiger partial charge in [0.1, 0.15) is 0 Å². The Labute approximate surface area is 90.3 Å². The van der Waals surface area contributed by atoms with Gasteiger partial charge >= 0.3 is 5.97 Å². The molecule has 1 saturated heterocycles. The molecule has 0 aliphatic carbocycles. The lowest BCUT2D eigenvalue weighted by atomic mass is 9.95. The van der Waals surface area contributed by atoms with E-state index in [0.29, 0.717) is 6.61 Å². The number of benzene rings is 1. The van der Waals surface area contributed by atoms with Crippen molar-refractivity contribution in [2.75, 3.05) is 6.61 Å². The molecule has 0 saturated carbocycles. The normalized spacial score (nSPS) is 21.9. The van der Waals surface area contributed by atoms with E-state index in [2.05, 4.69) is 12.1 Å². The molecule has 0 spiro atoms. The zero-order valence-electron chi connectivity index (χ0n) is 8.82. The van der Waals surface area contributed by atoms with Gasteiger partial charge in [-0.2, -0.15) is 0 Å². The van der Waals surface area contributed by atoms with Gasteiger partial charge in [-0.3, -0.25) is 4.79 Å². The Kier molecular flexibility index (Phi) is 3.38. The van der Waals surface area contributed by atoms with E-state index in [1.165, 1.54) is 5.56 Å². The standard InChI is InChI=1S/C13H16O2/c14-13-12(8-4-5-9-15-13)10-11-6-2-1-3-7-11/h1-3,6-7,12H,4-5,8-10H2. The topological polar surface area (TPSA) is 26.3 Å². The summed E-state index contributed by atoms with van der Waals surface area (Å²) >= 11 is 0. The maximum atomic E-state index is 11.6. The van der Waals surface area contributed by atoms with Crippen LogP contribution in [0.3, 0.4) is 0 Å². The second kappa shape index (κ2) is 4.96. The Morgan fingerprint density at radius 1 is 1.20 bits per heavy atom. The summed E-state index contributed by atoms with van der Waals surface area (Å²) in [6.45, 7) is 0.601. The highest BCUT2D eigenvalue weighted by molar-refractivity contribution is 5.73. The minimum atomic E-state index is -0.0173. The van der Waals surface area contributed by atoms with Crippen LogP contribution in [0, 0.1) is 5.92 Å². The van der Waals surface area contributed by atoms with Gasteiger partial charge in [0.25, 0.3) is 0 Å². The molecule has 0 N–H and O–H groups in total. The minimum absolute atomic E-state index is 0.0173. The molecule has 1 aromatic carbocycles. The van der Waals surface area contributed by atoms with E-state index >= 15 is 0 Å². The number of rotatable bonds is 2. The molecule has 1 aromatic rings. The largest absolute Gasteiger partial charge is 0.465 e. The van der Waals surface area contributed by atoms with E-state index in [1.54, 1.807) is 0 Å². The zero-order valence-corrected chi connectivity index (χ0v) is 8.82. The molecule has 1 fully saturated rings. The predicted molar refractivity (Wildman–Crippen MR) is 58.4 cm³/mol. The Morgan fingerprint density at radius 2 is 2.00 bits per heavy atom. The number of hydrogen-bond acceptors (Lipinski definition) is 2. The number of carbonyl (C=O) groups is 1. The molecule has 2 rings (SSSR count). The predicted octanol–water partition coefficient (Wildman–Crippen LogP) is 2.57. The summed E-state index contributed by atoms with van der Waals surface area (Å²) in [5.74, 6) is 0.0475. The third kappa shape index (κ3) is 2.82. The number of ether oxygens (including phenoxy) is 1. The zero-order chi connectivity index (χ0) is 10.5. The van der Waals surface area contributed by atoms with Crippen LogP contribution in [0.25, 0.3) is 0 Å². The summed E-state index contributed by atoms with van der Waals surface area (Å²) in [5.41, 5.74) is 1.22.